The van der Waals surface area contributed by atoms with Gasteiger partial charge in [0.1, 0.15) is 6.04 Å². The van der Waals surface area contributed by atoms with Crippen LogP contribution in [-0.4, -0.2) is 65.4 Å². The molecule has 7 heteroatoms. The van der Waals surface area contributed by atoms with Gasteiger partial charge in [-0.05, 0) is 12.1 Å². The zero-order chi connectivity index (χ0) is 15.4. The van der Waals surface area contributed by atoms with Crippen LogP contribution in [-0.2, 0) is 14.3 Å². The molecule has 0 bridgehead atoms. The molecule has 0 radical (unpaired) electrons. The molecule has 2 amide bonds. The summed E-state index contributed by atoms with van der Waals surface area (Å²) in [6, 6.07) is 2.51. The SMILES string of the molecule is COC(=O)[C@H]1CN(C(C)=O)CCN1C(=O)c1cccnc1. The van der Waals surface area contributed by atoms with E-state index in [1.165, 1.54) is 30.0 Å². The van der Waals surface area contributed by atoms with Crippen LogP contribution in [0.3, 0.4) is 0 Å². The molecule has 2 rings (SSSR count). The fourth-order valence-electron chi connectivity index (χ4n) is 2.30. The number of piperazine rings is 1. The lowest BCUT2D eigenvalue weighted by molar-refractivity contribution is -0.149. The lowest BCUT2D eigenvalue weighted by Gasteiger charge is -2.39. The van der Waals surface area contributed by atoms with E-state index in [1.807, 2.05) is 0 Å². The normalized spacial score (nSPS) is 18.3. The zero-order valence-corrected chi connectivity index (χ0v) is 12.0. The molecule has 1 aliphatic rings. The third-order valence-electron chi connectivity index (χ3n) is 3.47. The summed E-state index contributed by atoms with van der Waals surface area (Å²) in [6.07, 6.45) is 3.02. The Labute approximate surface area is 122 Å². The Kier molecular flexibility index (Phi) is 4.52. The second-order valence-corrected chi connectivity index (χ2v) is 4.74. The first-order valence-corrected chi connectivity index (χ1v) is 6.59. The van der Waals surface area contributed by atoms with Gasteiger partial charge in [0, 0.05) is 32.4 Å². The Morgan fingerprint density at radius 1 is 1.33 bits per heavy atom. The molecule has 0 N–H and O–H groups in total. The van der Waals surface area contributed by atoms with E-state index in [0.717, 1.165) is 0 Å². The van der Waals surface area contributed by atoms with Gasteiger partial charge in [-0.1, -0.05) is 0 Å². The van der Waals surface area contributed by atoms with Gasteiger partial charge in [-0.3, -0.25) is 14.6 Å². The molecule has 1 aromatic rings. The van der Waals surface area contributed by atoms with Gasteiger partial charge in [-0.2, -0.15) is 0 Å². The molecule has 1 atom stereocenters. The number of hydrogen-bond donors (Lipinski definition) is 0. The number of rotatable bonds is 2. The average Bonchev–Trinajstić information content (AvgIpc) is 2.53. The fraction of sp³-hybridized carbons (Fsp3) is 0.429. The van der Waals surface area contributed by atoms with E-state index in [-0.39, 0.29) is 24.9 Å². The topological polar surface area (TPSA) is 79.8 Å². The largest absolute Gasteiger partial charge is 0.467 e. The highest BCUT2D eigenvalue weighted by molar-refractivity contribution is 5.97. The number of aromatic nitrogens is 1. The molecular weight excluding hydrogens is 274 g/mol. The Morgan fingerprint density at radius 2 is 2.10 bits per heavy atom. The zero-order valence-electron chi connectivity index (χ0n) is 12.0. The van der Waals surface area contributed by atoms with Crippen molar-refractivity contribution >= 4 is 17.8 Å². The van der Waals surface area contributed by atoms with Gasteiger partial charge in [0.25, 0.3) is 5.91 Å². The van der Waals surface area contributed by atoms with Crippen LogP contribution in [0.25, 0.3) is 0 Å². The van der Waals surface area contributed by atoms with E-state index in [0.29, 0.717) is 12.1 Å². The number of carbonyl (C=O) groups is 3. The molecule has 1 fully saturated rings. The molecule has 2 heterocycles. The summed E-state index contributed by atoms with van der Waals surface area (Å²) in [4.78, 5) is 42.7. The maximum Gasteiger partial charge on any atom is 0.330 e. The number of methoxy groups -OCH3 is 1. The third-order valence-corrected chi connectivity index (χ3v) is 3.47. The predicted molar refractivity (Wildman–Crippen MR) is 73.3 cm³/mol. The van der Waals surface area contributed by atoms with Crippen LogP contribution < -0.4 is 0 Å². The van der Waals surface area contributed by atoms with Crippen molar-refractivity contribution in [3.8, 4) is 0 Å². The second-order valence-electron chi connectivity index (χ2n) is 4.74. The molecule has 1 aromatic heterocycles. The minimum Gasteiger partial charge on any atom is -0.467 e. The van der Waals surface area contributed by atoms with Gasteiger partial charge in [0.2, 0.25) is 5.91 Å². The fourth-order valence-corrected chi connectivity index (χ4v) is 2.30. The summed E-state index contributed by atoms with van der Waals surface area (Å²) in [6.45, 7) is 2.27. The minimum absolute atomic E-state index is 0.127. The molecule has 0 unspecified atom stereocenters. The Hall–Kier alpha value is -2.44. The highest BCUT2D eigenvalue weighted by Crippen LogP contribution is 2.15. The number of ether oxygens (including phenoxy) is 1. The number of amides is 2. The average molecular weight is 291 g/mol. The van der Waals surface area contributed by atoms with E-state index in [9.17, 15) is 14.4 Å². The van der Waals surface area contributed by atoms with Gasteiger partial charge in [0.05, 0.1) is 19.2 Å². The standard InChI is InChI=1S/C14H17N3O4/c1-10(18)16-6-7-17(12(9-16)14(20)21-2)13(19)11-4-3-5-15-8-11/h3-5,8,12H,6-7,9H2,1-2H3/t12-/m1/s1. The molecule has 0 aromatic carbocycles. The van der Waals surface area contributed by atoms with Crippen LogP contribution in [0.4, 0.5) is 0 Å². The first-order valence-electron chi connectivity index (χ1n) is 6.59. The number of esters is 1. The molecule has 0 spiro atoms. The van der Waals surface area contributed by atoms with E-state index in [2.05, 4.69) is 4.98 Å². The lowest BCUT2D eigenvalue weighted by atomic mass is 10.1. The molecule has 0 aliphatic carbocycles. The van der Waals surface area contributed by atoms with Gasteiger partial charge in [-0.15, -0.1) is 0 Å². The van der Waals surface area contributed by atoms with E-state index >= 15 is 0 Å². The van der Waals surface area contributed by atoms with E-state index < -0.39 is 12.0 Å². The lowest BCUT2D eigenvalue weighted by Crippen LogP contribution is -2.59. The Bertz CT molecular complexity index is 546. The molecule has 1 saturated heterocycles. The van der Waals surface area contributed by atoms with Crippen LogP contribution in [0.5, 0.6) is 0 Å². The molecule has 1 aliphatic heterocycles. The van der Waals surface area contributed by atoms with Crippen molar-refractivity contribution in [2.45, 2.75) is 13.0 Å². The highest BCUT2D eigenvalue weighted by atomic mass is 16.5. The van der Waals surface area contributed by atoms with Crippen molar-refractivity contribution in [1.82, 2.24) is 14.8 Å². The van der Waals surface area contributed by atoms with Crippen molar-refractivity contribution in [3.05, 3.63) is 30.1 Å². The smallest absolute Gasteiger partial charge is 0.330 e. The Balaban J connectivity index is 2.22. The molecule has 21 heavy (non-hydrogen) atoms. The maximum absolute atomic E-state index is 12.5. The number of nitrogens with zero attached hydrogens (tertiary/aromatic N) is 3. The van der Waals surface area contributed by atoms with Crippen molar-refractivity contribution in [2.75, 3.05) is 26.7 Å². The quantitative estimate of drug-likeness (QED) is 0.712. The summed E-state index contributed by atoms with van der Waals surface area (Å²) >= 11 is 0. The van der Waals surface area contributed by atoms with Crippen molar-refractivity contribution in [3.63, 3.8) is 0 Å². The summed E-state index contributed by atoms with van der Waals surface area (Å²) in [5, 5.41) is 0. The second kappa shape index (κ2) is 6.34. The first kappa shape index (κ1) is 15.0. The summed E-state index contributed by atoms with van der Waals surface area (Å²) in [5.74, 6) is -0.947. The number of pyridine rings is 1. The first-order chi connectivity index (χ1) is 10.0. The Morgan fingerprint density at radius 3 is 2.67 bits per heavy atom. The predicted octanol–water partition coefficient (Wildman–Crippen LogP) is -0.0725. The van der Waals surface area contributed by atoms with E-state index in [1.54, 1.807) is 18.3 Å². The van der Waals surface area contributed by atoms with Crippen molar-refractivity contribution < 1.29 is 19.1 Å². The van der Waals surface area contributed by atoms with Gasteiger partial charge < -0.3 is 14.5 Å². The molecule has 112 valence electrons. The van der Waals surface area contributed by atoms with Crippen LogP contribution in [0.2, 0.25) is 0 Å². The monoisotopic (exact) mass is 291 g/mol. The summed E-state index contributed by atoms with van der Waals surface area (Å²) in [7, 11) is 1.27. The van der Waals surface area contributed by atoms with Crippen LogP contribution in [0.1, 0.15) is 17.3 Å². The van der Waals surface area contributed by atoms with Crippen LogP contribution in [0, 0.1) is 0 Å². The molecule has 0 saturated carbocycles. The number of hydrogen-bond acceptors (Lipinski definition) is 5. The number of carbonyl (C=O) groups excluding carboxylic acids is 3. The van der Waals surface area contributed by atoms with Crippen LogP contribution >= 0.6 is 0 Å². The van der Waals surface area contributed by atoms with Crippen molar-refractivity contribution in [2.24, 2.45) is 0 Å². The van der Waals surface area contributed by atoms with Crippen LogP contribution in [0.15, 0.2) is 24.5 Å². The minimum atomic E-state index is -0.791. The summed E-state index contributed by atoms with van der Waals surface area (Å²) in [5.41, 5.74) is 0.405. The van der Waals surface area contributed by atoms with Gasteiger partial charge in [0.15, 0.2) is 0 Å². The molecule has 7 nitrogen and oxygen atoms in total. The third kappa shape index (κ3) is 3.18. The van der Waals surface area contributed by atoms with Gasteiger partial charge >= 0.3 is 5.97 Å². The highest BCUT2D eigenvalue weighted by Gasteiger charge is 2.37. The van der Waals surface area contributed by atoms with E-state index in [4.69, 9.17) is 4.74 Å². The molecular formula is C14H17N3O4. The maximum atomic E-state index is 12.5. The summed E-state index contributed by atoms with van der Waals surface area (Å²) < 4.78 is 4.75. The van der Waals surface area contributed by atoms with Gasteiger partial charge in [-0.25, -0.2) is 4.79 Å². The van der Waals surface area contributed by atoms with Crippen molar-refractivity contribution in [1.29, 1.82) is 0 Å².